The molecule has 0 N–H and O–H groups in total. The minimum atomic E-state index is -3.88. The number of halogens is 1. The molecule has 14 heavy (non-hydrogen) atoms. The monoisotopic (exact) mass is 255 g/mol. The molecule has 0 aromatic heterocycles. The fraction of sp³-hybridized carbons (Fsp3) is 0.857. The van der Waals surface area contributed by atoms with E-state index in [1.807, 2.05) is 0 Å². The van der Waals surface area contributed by atoms with Crippen molar-refractivity contribution in [2.45, 2.75) is 24.8 Å². The van der Waals surface area contributed by atoms with Gasteiger partial charge in [0.1, 0.15) is 0 Å². The molecule has 0 aromatic carbocycles. The van der Waals surface area contributed by atoms with Crippen LogP contribution in [0.3, 0.4) is 0 Å². The number of carbonyl (C=O) groups is 1. The molecule has 2 heterocycles. The molecular formula is C7H10ClNO3S2. The maximum Gasteiger partial charge on any atom is 0.324 e. The zero-order valence-electron chi connectivity index (χ0n) is 7.40. The number of rotatable bonds is 1. The summed E-state index contributed by atoms with van der Waals surface area (Å²) in [6, 6.07) is 0. The van der Waals surface area contributed by atoms with E-state index in [2.05, 4.69) is 0 Å². The van der Waals surface area contributed by atoms with Crippen molar-refractivity contribution in [1.29, 1.82) is 0 Å². The van der Waals surface area contributed by atoms with E-state index in [1.54, 1.807) is 11.8 Å². The summed E-state index contributed by atoms with van der Waals surface area (Å²) in [4.78, 5) is 11.2. The highest BCUT2D eigenvalue weighted by molar-refractivity contribution is 8.12. The van der Waals surface area contributed by atoms with Crippen molar-refractivity contribution in [3.63, 3.8) is 0 Å². The molecule has 80 valence electrons. The van der Waals surface area contributed by atoms with Crippen molar-refractivity contribution in [2.75, 3.05) is 11.5 Å². The summed E-state index contributed by atoms with van der Waals surface area (Å²) in [5, 5.41) is 0. The number of carbonyl (C=O) groups excluding carboxylic acids is 1. The van der Waals surface area contributed by atoms with Gasteiger partial charge in [-0.25, -0.2) is 4.31 Å². The summed E-state index contributed by atoms with van der Waals surface area (Å²) in [5.41, 5.74) is -0.499. The predicted octanol–water partition coefficient (Wildman–Crippen LogP) is 0.968. The molecule has 2 saturated heterocycles. The first-order valence-electron chi connectivity index (χ1n) is 4.31. The van der Waals surface area contributed by atoms with E-state index in [-0.39, 0.29) is 5.91 Å². The second kappa shape index (κ2) is 3.28. The Morgan fingerprint density at radius 3 is 2.64 bits per heavy atom. The van der Waals surface area contributed by atoms with E-state index in [0.29, 0.717) is 12.2 Å². The summed E-state index contributed by atoms with van der Waals surface area (Å²) in [5.74, 6) is 1.35. The van der Waals surface area contributed by atoms with Gasteiger partial charge in [-0.05, 0) is 18.6 Å². The largest absolute Gasteiger partial charge is 0.324 e. The highest BCUT2D eigenvalue weighted by Gasteiger charge is 2.56. The van der Waals surface area contributed by atoms with Gasteiger partial charge in [-0.1, -0.05) is 0 Å². The Labute approximate surface area is 91.5 Å². The van der Waals surface area contributed by atoms with Gasteiger partial charge in [0.2, 0.25) is 5.91 Å². The summed E-state index contributed by atoms with van der Waals surface area (Å²) in [6.07, 6.45) is 2.02. The van der Waals surface area contributed by atoms with E-state index in [4.69, 9.17) is 10.7 Å². The van der Waals surface area contributed by atoms with E-state index in [0.717, 1.165) is 22.9 Å². The van der Waals surface area contributed by atoms with Gasteiger partial charge in [-0.2, -0.15) is 20.2 Å². The van der Waals surface area contributed by atoms with E-state index < -0.39 is 14.8 Å². The molecule has 2 rings (SSSR count). The number of hydrogen-bond acceptors (Lipinski definition) is 4. The third-order valence-corrected chi connectivity index (χ3v) is 5.42. The van der Waals surface area contributed by atoms with Crippen LogP contribution < -0.4 is 0 Å². The number of nitrogens with zero attached hydrogens (tertiary/aromatic N) is 1. The highest BCUT2D eigenvalue weighted by atomic mass is 35.7. The molecule has 0 saturated carbocycles. The second-order valence-corrected chi connectivity index (χ2v) is 7.12. The second-order valence-electron chi connectivity index (χ2n) is 3.66. The van der Waals surface area contributed by atoms with Crippen molar-refractivity contribution in [3.05, 3.63) is 0 Å². The van der Waals surface area contributed by atoms with E-state index >= 15 is 0 Å². The van der Waals surface area contributed by atoms with Crippen molar-refractivity contribution in [3.8, 4) is 0 Å². The van der Waals surface area contributed by atoms with E-state index in [1.165, 1.54) is 0 Å². The molecule has 2 aliphatic rings. The average molecular weight is 256 g/mol. The molecule has 1 atom stereocenters. The maximum atomic E-state index is 11.2. The molecule has 2 aliphatic heterocycles. The van der Waals surface area contributed by atoms with Gasteiger partial charge in [0.15, 0.2) is 0 Å². The van der Waals surface area contributed by atoms with Crippen LogP contribution >= 0.6 is 22.4 Å². The summed E-state index contributed by atoms with van der Waals surface area (Å²) >= 11 is 1.68. The Hall–Kier alpha value is 0.0600. The molecule has 0 aromatic rings. The summed E-state index contributed by atoms with van der Waals surface area (Å²) in [6.45, 7) is 0. The van der Waals surface area contributed by atoms with Crippen LogP contribution in [-0.4, -0.2) is 35.7 Å². The Morgan fingerprint density at radius 2 is 2.21 bits per heavy atom. The van der Waals surface area contributed by atoms with E-state index in [9.17, 15) is 13.2 Å². The zero-order valence-corrected chi connectivity index (χ0v) is 9.79. The van der Waals surface area contributed by atoms with Crippen LogP contribution in [0.5, 0.6) is 0 Å². The smallest absolute Gasteiger partial charge is 0.274 e. The lowest BCUT2D eigenvalue weighted by Crippen LogP contribution is -2.66. The molecule has 7 heteroatoms. The van der Waals surface area contributed by atoms with Crippen LogP contribution in [0.15, 0.2) is 0 Å². The minimum absolute atomic E-state index is 0.325. The third-order valence-electron chi connectivity index (χ3n) is 2.66. The standard InChI is InChI=1S/C7H10ClNO3S2/c8-14(11,12)9-6(10)4-7(9)2-1-3-13-5-7/h1-5H2. The fourth-order valence-corrected chi connectivity index (χ4v) is 5.08. The zero-order chi connectivity index (χ0) is 10.4. The van der Waals surface area contributed by atoms with Crippen LogP contribution in [0, 0.1) is 0 Å². The van der Waals surface area contributed by atoms with Gasteiger partial charge in [0.05, 0.1) is 12.0 Å². The average Bonchev–Trinajstić information content (AvgIpc) is 2.01. The number of thioether (sulfide) groups is 1. The SMILES string of the molecule is O=C1CC2(CCCSC2)N1S(=O)(=O)Cl. The van der Waals surface area contributed by atoms with Gasteiger partial charge in [-0.15, -0.1) is 0 Å². The normalized spacial score (nSPS) is 33.2. The fourth-order valence-electron chi connectivity index (χ4n) is 2.09. The maximum absolute atomic E-state index is 11.2. The molecule has 2 fully saturated rings. The molecule has 1 spiro atoms. The van der Waals surface area contributed by atoms with Crippen molar-refractivity contribution in [1.82, 2.24) is 4.31 Å². The quantitative estimate of drug-likeness (QED) is 0.518. The third kappa shape index (κ3) is 1.53. The van der Waals surface area contributed by atoms with Gasteiger partial charge < -0.3 is 0 Å². The summed E-state index contributed by atoms with van der Waals surface area (Å²) < 4.78 is 23.2. The lowest BCUT2D eigenvalue weighted by atomic mass is 9.84. The molecule has 1 amide bonds. The number of hydrogen-bond donors (Lipinski definition) is 0. The van der Waals surface area contributed by atoms with Crippen molar-refractivity contribution < 1.29 is 13.2 Å². The Kier molecular flexibility index (Phi) is 2.48. The van der Waals surface area contributed by atoms with Gasteiger partial charge in [0.25, 0.3) is 0 Å². The highest BCUT2D eigenvalue weighted by Crippen LogP contribution is 2.44. The van der Waals surface area contributed by atoms with Gasteiger partial charge >= 0.3 is 9.24 Å². The van der Waals surface area contributed by atoms with Crippen LogP contribution in [0.2, 0.25) is 0 Å². The van der Waals surface area contributed by atoms with Crippen LogP contribution in [0.4, 0.5) is 0 Å². The topological polar surface area (TPSA) is 54.5 Å². The predicted molar refractivity (Wildman–Crippen MR) is 55.5 cm³/mol. The Morgan fingerprint density at radius 1 is 1.50 bits per heavy atom. The summed E-state index contributed by atoms with van der Waals surface area (Å²) in [7, 11) is 1.34. The minimum Gasteiger partial charge on any atom is -0.274 e. The van der Waals surface area contributed by atoms with Crippen LogP contribution in [-0.2, 0) is 14.0 Å². The molecule has 0 bridgehead atoms. The van der Waals surface area contributed by atoms with Gasteiger partial charge in [-0.3, -0.25) is 4.79 Å². The van der Waals surface area contributed by atoms with Crippen LogP contribution in [0.1, 0.15) is 19.3 Å². The number of β-lactam (4-membered cyclic amide) rings is 1. The molecule has 0 radical (unpaired) electrons. The Balaban J connectivity index is 2.26. The van der Waals surface area contributed by atoms with Crippen molar-refractivity contribution >= 4 is 37.6 Å². The number of amides is 1. The van der Waals surface area contributed by atoms with Crippen LogP contribution in [0.25, 0.3) is 0 Å². The lowest BCUT2D eigenvalue weighted by Gasteiger charge is -2.51. The molecule has 0 aliphatic carbocycles. The molecule has 4 nitrogen and oxygen atoms in total. The van der Waals surface area contributed by atoms with Gasteiger partial charge in [0, 0.05) is 16.4 Å². The molecular weight excluding hydrogens is 246 g/mol. The Bertz CT molecular complexity index is 361. The van der Waals surface area contributed by atoms with Crippen molar-refractivity contribution in [2.24, 2.45) is 0 Å². The lowest BCUT2D eigenvalue weighted by molar-refractivity contribution is -0.144. The first kappa shape index (κ1) is 10.6. The molecule has 1 unspecified atom stereocenters. The first-order valence-corrected chi connectivity index (χ1v) is 7.73. The first-order chi connectivity index (χ1) is 6.46.